The van der Waals surface area contributed by atoms with E-state index < -0.39 is 40.5 Å². The first-order valence-electron chi connectivity index (χ1n) is 4.51. The Balaban J connectivity index is 0.00000289. The molecule has 1 atom stereocenters. The molecule has 6 nitrogen and oxygen atoms in total. The number of rotatable bonds is 4. The van der Waals surface area contributed by atoms with E-state index in [2.05, 4.69) is 0 Å². The zero-order valence-corrected chi connectivity index (χ0v) is 9.73. The van der Waals surface area contributed by atoms with Gasteiger partial charge in [-0.25, -0.2) is 8.78 Å². The maximum absolute atomic E-state index is 13.1. The van der Waals surface area contributed by atoms with E-state index in [9.17, 15) is 24.0 Å². The number of phenols is 1. The molecule has 1 aromatic carbocycles. The lowest BCUT2D eigenvalue weighted by molar-refractivity contribution is -0.385. The number of nitro benzene ring substituents is 1. The predicted octanol–water partition coefficient (Wildman–Crippen LogP) is 1.35. The van der Waals surface area contributed by atoms with E-state index >= 15 is 0 Å². The van der Waals surface area contributed by atoms with Crippen molar-refractivity contribution in [2.75, 3.05) is 6.61 Å². The lowest BCUT2D eigenvalue weighted by Gasteiger charge is -2.22. The molecule has 0 saturated heterocycles. The Morgan fingerprint density at radius 1 is 1.50 bits per heavy atom. The molecule has 0 aliphatic heterocycles. The average Bonchev–Trinajstić information content (AvgIpc) is 2.28. The van der Waals surface area contributed by atoms with Gasteiger partial charge in [0.15, 0.2) is 0 Å². The molecule has 0 spiro atoms. The number of hydrogen-bond donors (Lipinski definition) is 3. The van der Waals surface area contributed by atoms with E-state index in [1.807, 2.05) is 0 Å². The van der Waals surface area contributed by atoms with E-state index in [1.165, 1.54) is 0 Å². The van der Waals surface area contributed by atoms with Crippen LogP contribution in [0.25, 0.3) is 0 Å². The van der Waals surface area contributed by atoms with Crippen molar-refractivity contribution >= 4 is 18.1 Å². The number of benzene rings is 1. The molecular weight excluding hydrogens is 274 g/mol. The first-order valence-corrected chi connectivity index (χ1v) is 4.51. The summed E-state index contributed by atoms with van der Waals surface area (Å²) in [6.07, 6.45) is 0. The number of nitro groups is 1. The van der Waals surface area contributed by atoms with Gasteiger partial charge in [-0.2, -0.15) is 0 Å². The lowest BCUT2D eigenvalue weighted by Crippen LogP contribution is -2.36. The van der Waals surface area contributed by atoms with Crippen LogP contribution in [0.1, 0.15) is 11.6 Å². The Morgan fingerprint density at radius 3 is 2.50 bits per heavy atom. The summed E-state index contributed by atoms with van der Waals surface area (Å²) >= 11 is 0. The number of aliphatic hydroxyl groups excluding tert-OH is 1. The maximum atomic E-state index is 13.1. The highest BCUT2D eigenvalue weighted by molar-refractivity contribution is 5.85. The minimum Gasteiger partial charge on any atom is -0.508 e. The predicted molar refractivity (Wildman–Crippen MR) is 61.0 cm³/mol. The van der Waals surface area contributed by atoms with Crippen molar-refractivity contribution in [3.63, 3.8) is 0 Å². The molecule has 0 aliphatic carbocycles. The number of aliphatic hydroxyl groups is 1. The van der Waals surface area contributed by atoms with Gasteiger partial charge in [-0.3, -0.25) is 10.1 Å². The molecule has 0 saturated carbocycles. The molecule has 1 rings (SSSR count). The Bertz CT molecular complexity index is 445. The van der Waals surface area contributed by atoms with Gasteiger partial charge in [-0.1, -0.05) is 0 Å². The molecule has 1 aromatic rings. The summed E-state index contributed by atoms with van der Waals surface area (Å²) < 4.78 is 26.2. The van der Waals surface area contributed by atoms with Crippen LogP contribution < -0.4 is 5.73 Å². The van der Waals surface area contributed by atoms with Crippen LogP contribution in [0, 0.1) is 10.1 Å². The van der Waals surface area contributed by atoms with E-state index in [1.54, 1.807) is 0 Å². The van der Waals surface area contributed by atoms with Crippen LogP contribution in [0.15, 0.2) is 18.2 Å². The van der Waals surface area contributed by atoms with Crippen LogP contribution in [0.5, 0.6) is 5.75 Å². The van der Waals surface area contributed by atoms with Crippen LogP contribution in [-0.2, 0) is 0 Å². The normalized spacial score (nSPS) is 12.7. The number of nitrogens with zero attached hydrogens (tertiary/aromatic N) is 1. The minimum atomic E-state index is -3.67. The smallest absolute Gasteiger partial charge is 0.289 e. The number of nitrogens with two attached hydrogens (primary N) is 1. The van der Waals surface area contributed by atoms with E-state index in [0.717, 1.165) is 18.2 Å². The lowest BCUT2D eigenvalue weighted by atomic mass is 10.0. The third kappa shape index (κ3) is 3.25. The summed E-state index contributed by atoms with van der Waals surface area (Å²) in [5.74, 6) is -4.26. The van der Waals surface area contributed by atoms with Gasteiger partial charge in [0.2, 0.25) is 0 Å². The maximum Gasteiger partial charge on any atom is 0.289 e. The van der Waals surface area contributed by atoms with Gasteiger partial charge in [0.1, 0.15) is 18.4 Å². The van der Waals surface area contributed by atoms with Crippen molar-refractivity contribution in [3.8, 4) is 5.75 Å². The van der Waals surface area contributed by atoms with Gasteiger partial charge < -0.3 is 15.9 Å². The first-order chi connectivity index (χ1) is 7.79. The molecule has 18 heavy (non-hydrogen) atoms. The van der Waals surface area contributed by atoms with Gasteiger partial charge in [0, 0.05) is 17.7 Å². The Morgan fingerprint density at radius 2 is 2.06 bits per heavy atom. The summed E-state index contributed by atoms with van der Waals surface area (Å²) in [6.45, 7) is -1.52. The molecule has 4 N–H and O–H groups in total. The SMILES string of the molecule is Cl.N[C@H](c1cc([N+](=O)[O-])ccc1O)C(F)(F)CO. The molecule has 0 aliphatic rings. The highest BCUT2D eigenvalue weighted by Gasteiger charge is 2.39. The molecule has 0 unspecified atom stereocenters. The molecular formula is C9H11ClF2N2O4. The van der Waals surface area contributed by atoms with Crippen molar-refractivity contribution in [1.82, 2.24) is 0 Å². The van der Waals surface area contributed by atoms with Crippen molar-refractivity contribution in [2.24, 2.45) is 5.73 Å². The van der Waals surface area contributed by atoms with Crippen LogP contribution in [-0.4, -0.2) is 27.7 Å². The molecule has 0 aromatic heterocycles. The summed E-state index contributed by atoms with van der Waals surface area (Å²) in [7, 11) is 0. The van der Waals surface area contributed by atoms with Gasteiger partial charge in [0.05, 0.1) is 4.92 Å². The molecule has 0 radical (unpaired) electrons. The van der Waals surface area contributed by atoms with Crippen molar-refractivity contribution in [3.05, 3.63) is 33.9 Å². The van der Waals surface area contributed by atoms with Crippen molar-refractivity contribution < 1.29 is 23.9 Å². The zero-order valence-electron chi connectivity index (χ0n) is 8.92. The highest BCUT2D eigenvalue weighted by Crippen LogP contribution is 2.35. The second-order valence-electron chi connectivity index (χ2n) is 3.40. The fourth-order valence-electron chi connectivity index (χ4n) is 1.23. The Kier molecular flexibility index (Phi) is 5.40. The van der Waals surface area contributed by atoms with E-state index in [0.29, 0.717) is 0 Å². The van der Waals surface area contributed by atoms with E-state index in [-0.39, 0.29) is 12.4 Å². The fourth-order valence-corrected chi connectivity index (χ4v) is 1.23. The summed E-state index contributed by atoms with van der Waals surface area (Å²) in [6, 6.07) is 0.597. The topological polar surface area (TPSA) is 110 Å². The van der Waals surface area contributed by atoms with E-state index in [4.69, 9.17) is 10.8 Å². The Hall–Kier alpha value is -1.51. The number of aromatic hydroxyl groups is 1. The second kappa shape index (κ2) is 5.89. The third-order valence-electron chi connectivity index (χ3n) is 2.22. The van der Waals surface area contributed by atoms with Crippen LogP contribution in [0.2, 0.25) is 0 Å². The van der Waals surface area contributed by atoms with Gasteiger partial charge in [-0.15, -0.1) is 12.4 Å². The third-order valence-corrected chi connectivity index (χ3v) is 2.22. The van der Waals surface area contributed by atoms with Crippen LogP contribution >= 0.6 is 12.4 Å². The number of halogens is 3. The second-order valence-corrected chi connectivity index (χ2v) is 3.40. The first kappa shape index (κ1) is 16.5. The molecule has 9 heteroatoms. The summed E-state index contributed by atoms with van der Waals surface area (Å²) in [4.78, 5) is 9.65. The van der Waals surface area contributed by atoms with Gasteiger partial charge >= 0.3 is 0 Å². The standard InChI is InChI=1S/C9H10F2N2O4.ClH/c10-9(11,4-14)8(12)6-3-5(13(16)17)1-2-7(6)15;/h1-3,8,14-15H,4,12H2;1H/t8-;/m1./s1. The molecule has 0 heterocycles. The fraction of sp³-hybridized carbons (Fsp3) is 0.333. The summed E-state index contributed by atoms with van der Waals surface area (Å²) in [5.41, 5.74) is 4.20. The van der Waals surface area contributed by atoms with Gasteiger partial charge in [0.25, 0.3) is 11.6 Å². The summed E-state index contributed by atoms with van der Waals surface area (Å²) in [5, 5.41) is 28.2. The number of phenolic OH excluding ortho intramolecular Hbond substituents is 1. The largest absolute Gasteiger partial charge is 0.508 e. The average molecular weight is 285 g/mol. The quantitative estimate of drug-likeness (QED) is 0.571. The van der Waals surface area contributed by atoms with Crippen molar-refractivity contribution in [1.29, 1.82) is 0 Å². The molecule has 102 valence electrons. The monoisotopic (exact) mass is 284 g/mol. The van der Waals surface area contributed by atoms with Crippen LogP contribution in [0.4, 0.5) is 14.5 Å². The number of non-ortho nitro benzene ring substituents is 1. The molecule has 0 amide bonds. The van der Waals surface area contributed by atoms with Crippen LogP contribution in [0.3, 0.4) is 0 Å². The molecule has 0 bridgehead atoms. The van der Waals surface area contributed by atoms with Gasteiger partial charge in [-0.05, 0) is 6.07 Å². The number of hydrogen-bond acceptors (Lipinski definition) is 5. The number of alkyl halides is 2. The zero-order chi connectivity index (χ0) is 13.2. The minimum absolute atomic E-state index is 0. The Labute approximate surface area is 107 Å². The van der Waals surface area contributed by atoms with Crippen molar-refractivity contribution in [2.45, 2.75) is 12.0 Å². The molecule has 0 fully saturated rings. The highest BCUT2D eigenvalue weighted by atomic mass is 35.5.